The van der Waals surface area contributed by atoms with Crippen molar-refractivity contribution < 1.29 is 0 Å². The van der Waals surface area contributed by atoms with Crippen LogP contribution in [0.3, 0.4) is 0 Å². The first-order chi connectivity index (χ1) is 11.3. The van der Waals surface area contributed by atoms with Crippen LogP contribution in [-0.2, 0) is 0 Å². The molecular formula is C22H15Br. The van der Waals surface area contributed by atoms with Gasteiger partial charge in [0.2, 0.25) is 0 Å². The van der Waals surface area contributed by atoms with Crippen molar-refractivity contribution in [1.29, 1.82) is 0 Å². The van der Waals surface area contributed by atoms with Crippen LogP contribution in [0.25, 0.3) is 33.0 Å². The van der Waals surface area contributed by atoms with Crippen LogP contribution in [0, 0.1) is 0 Å². The van der Waals surface area contributed by atoms with Crippen molar-refractivity contribution in [2.24, 2.45) is 0 Å². The van der Waals surface area contributed by atoms with Crippen LogP contribution in [0.1, 0.15) is 0 Å². The predicted octanol–water partition coefficient (Wildman–Crippen LogP) is 6.94. The molecule has 4 rings (SSSR count). The van der Waals surface area contributed by atoms with Crippen molar-refractivity contribution in [2.45, 2.75) is 0 Å². The Morgan fingerprint density at radius 2 is 1.04 bits per heavy atom. The minimum absolute atomic E-state index is 1.12. The van der Waals surface area contributed by atoms with Crippen molar-refractivity contribution in [3.8, 4) is 22.3 Å². The van der Waals surface area contributed by atoms with Crippen molar-refractivity contribution in [3.05, 3.63) is 95.5 Å². The second-order valence-electron chi connectivity index (χ2n) is 5.59. The average molecular weight is 359 g/mol. The zero-order valence-electron chi connectivity index (χ0n) is 12.5. The van der Waals surface area contributed by atoms with Crippen LogP contribution in [0.4, 0.5) is 0 Å². The number of rotatable bonds is 2. The minimum atomic E-state index is 1.12. The smallest absolute Gasteiger partial charge is 0.0253 e. The number of hydrogen-bond acceptors (Lipinski definition) is 0. The van der Waals surface area contributed by atoms with Gasteiger partial charge in [-0.05, 0) is 51.2 Å². The third-order valence-corrected chi connectivity index (χ3v) is 4.83. The molecule has 0 atom stereocenters. The van der Waals surface area contributed by atoms with Gasteiger partial charge in [0.15, 0.2) is 0 Å². The fourth-order valence-electron chi connectivity index (χ4n) is 3.00. The summed E-state index contributed by atoms with van der Waals surface area (Å²) >= 11 is 3.70. The number of hydrogen-bond donors (Lipinski definition) is 0. The molecule has 0 nitrogen and oxygen atoms in total. The zero-order valence-corrected chi connectivity index (χ0v) is 14.1. The summed E-state index contributed by atoms with van der Waals surface area (Å²) in [6, 6.07) is 32.1. The van der Waals surface area contributed by atoms with Crippen LogP contribution in [0.5, 0.6) is 0 Å². The lowest BCUT2D eigenvalue weighted by Crippen LogP contribution is -1.87. The molecule has 0 fully saturated rings. The minimum Gasteiger partial charge on any atom is -0.0622 e. The van der Waals surface area contributed by atoms with Gasteiger partial charge in [0.25, 0.3) is 0 Å². The maximum atomic E-state index is 3.70. The number of halogens is 1. The van der Waals surface area contributed by atoms with Gasteiger partial charge >= 0.3 is 0 Å². The van der Waals surface area contributed by atoms with Crippen LogP contribution >= 0.6 is 15.9 Å². The molecule has 0 bridgehead atoms. The quantitative estimate of drug-likeness (QED) is 0.364. The van der Waals surface area contributed by atoms with Crippen LogP contribution < -0.4 is 0 Å². The highest BCUT2D eigenvalue weighted by atomic mass is 79.9. The van der Waals surface area contributed by atoms with Crippen LogP contribution in [0.2, 0.25) is 0 Å². The Hall–Kier alpha value is -2.38. The fourth-order valence-corrected chi connectivity index (χ4v) is 3.50. The molecule has 4 aromatic carbocycles. The summed E-state index contributed by atoms with van der Waals surface area (Å²) in [6.07, 6.45) is 0. The Morgan fingerprint density at radius 3 is 1.74 bits per heavy atom. The SMILES string of the molecule is Brc1ccccc1-c1cc2ccccc2cc1-c1ccccc1. The Kier molecular flexibility index (Phi) is 3.72. The molecule has 4 aromatic rings. The lowest BCUT2D eigenvalue weighted by Gasteiger charge is -2.14. The normalized spacial score (nSPS) is 10.8. The first-order valence-electron chi connectivity index (χ1n) is 7.66. The van der Waals surface area contributed by atoms with E-state index in [0.29, 0.717) is 0 Å². The number of fused-ring (bicyclic) bond motifs is 1. The van der Waals surface area contributed by atoms with Crippen molar-refractivity contribution >= 4 is 26.7 Å². The Morgan fingerprint density at radius 1 is 0.478 bits per heavy atom. The van der Waals surface area contributed by atoms with Crippen molar-refractivity contribution in [3.63, 3.8) is 0 Å². The summed E-state index contributed by atoms with van der Waals surface area (Å²) in [4.78, 5) is 0. The van der Waals surface area contributed by atoms with Gasteiger partial charge in [0, 0.05) is 4.47 Å². The number of benzene rings is 4. The molecule has 0 unspecified atom stereocenters. The molecule has 0 spiro atoms. The lowest BCUT2D eigenvalue weighted by molar-refractivity contribution is 1.58. The maximum absolute atomic E-state index is 3.70. The molecule has 0 aliphatic carbocycles. The van der Waals surface area contributed by atoms with E-state index < -0.39 is 0 Å². The van der Waals surface area contributed by atoms with E-state index in [-0.39, 0.29) is 0 Å². The van der Waals surface area contributed by atoms with Gasteiger partial charge in [0.1, 0.15) is 0 Å². The lowest BCUT2D eigenvalue weighted by atomic mass is 9.91. The molecule has 110 valence electrons. The second-order valence-corrected chi connectivity index (χ2v) is 6.45. The van der Waals surface area contributed by atoms with Crippen LogP contribution in [0.15, 0.2) is 95.5 Å². The van der Waals surface area contributed by atoms with Gasteiger partial charge in [-0.3, -0.25) is 0 Å². The summed E-state index contributed by atoms with van der Waals surface area (Å²) in [7, 11) is 0. The van der Waals surface area contributed by atoms with Crippen LogP contribution in [-0.4, -0.2) is 0 Å². The standard InChI is InChI=1S/C22H15Br/c23-22-13-7-6-12-19(22)21-15-18-11-5-4-10-17(18)14-20(21)16-8-2-1-3-9-16/h1-15H. The largest absolute Gasteiger partial charge is 0.0622 e. The van der Waals surface area contributed by atoms with E-state index in [9.17, 15) is 0 Å². The molecule has 1 heteroatoms. The highest BCUT2D eigenvalue weighted by Gasteiger charge is 2.11. The third kappa shape index (κ3) is 2.69. The summed E-state index contributed by atoms with van der Waals surface area (Å²) in [5.74, 6) is 0. The van der Waals surface area contributed by atoms with Gasteiger partial charge in [-0.2, -0.15) is 0 Å². The Bertz CT molecular complexity index is 971. The molecule has 0 amide bonds. The van der Waals surface area contributed by atoms with Gasteiger partial charge < -0.3 is 0 Å². The van der Waals surface area contributed by atoms with Crippen molar-refractivity contribution in [1.82, 2.24) is 0 Å². The molecule has 23 heavy (non-hydrogen) atoms. The molecule has 0 aliphatic heterocycles. The molecule has 0 radical (unpaired) electrons. The van der Waals surface area contributed by atoms with E-state index in [2.05, 4.69) is 107 Å². The maximum Gasteiger partial charge on any atom is 0.0253 e. The summed E-state index contributed by atoms with van der Waals surface area (Å²) in [5.41, 5.74) is 4.97. The molecule has 0 saturated heterocycles. The summed E-state index contributed by atoms with van der Waals surface area (Å²) in [5, 5.41) is 2.53. The highest BCUT2D eigenvalue weighted by Crippen LogP contribution is 2.38. The van der Waals surface area contributed by atoms with E-state index in [1.165, 1.54) is 33.0 Å². The molecule has 0 aliphatic rings. The van der Waals surface area contributed by atoms with E-state index >= 15 is 0 Å². The van der Waals surface area contributed by atoms with Crippen molar-refractivity contribution in [2.75, 3.05) is 0 Å². The third-order valence-electron chi connectivity index (χ3n) is 4.13. The topological polar surface area (TPSA) is 0 Å². The Balaban J connectivity index is 2.07. The van der Waals surface area contributed by atoms with Gasteiger partial charge in [-0.1, -0.05) is 88.7 Å². The Labute approximate surface area is 144 Å². The fraction of sp³-hybridized carbons (Fsp3) is 0. The average Bonchev–Trinajstić information content (AvgIpc) is 2.62. The summed E-state index contributed by atoms with van der Waals surface area (Å²) < 4.78 is 1.12. The first-order valence-corrected chi connectivity index (χ1v) is 8.45. The monoisotopic (exact) mass is 358 g/mol. The van der Waals surface area contributed by atoms with Gasteiger partial charge in [-0.15, -0.1) is 0 Å². The summed E-state index contributed by atoms with van der Waals surface area (Å²) in [6.45, 7) is 0. The van der Waals surface area contributed by atoms with E-state index in [1.807, 2.05) is 0 Å². The van der Waals surface area contributed by atoms with E-state index in [0.717, 1.165) is 4.47 Å². The highest BCUT2D eigenvalue weighted by molar-refractivity contribution is 9.10. The zero-order chi connectivity index (χ0) is 15.6. The molecule has 0 aromatic heterocycles. The van der Waals surface area contributed by atoms with E-state index in [1.54, 1.807) is 0 Å². The van der Waals surface area contributed by atoms with Gasteiger partial charge in [0.05, 0.1) is 0 Å². The first kappa shape index (κ1) is 14.2. The molecule has 0 heterocycles. The predicted molar refractivity (Wildman–Crippen MR) is 103 cm³/mol. The molecule has 0 saturated carbocycles. The molecule has 0 N–H and O–H groups in total. The van der Waals surface area contributed by atoms with E-state index in [4.69, 9.17) is 0 Å². The van der Waals surface area contributed by atoms with Gasteiger partial charge in [-0.25, -0.2) is 0 Å². The second kappa shape index (κ2) is 6.02. The molecular weight excluding hydrogens is 344 g/mol.